The number of likely N-dealkylation sites (N-methyl/N-ethyl adjacent to an activating group) is 1. The third-order valence-electron chi connectivity index (χ3n) is 6.34. The molecule has 164 valence electrons. The lowest BCUT2D eigenvalue weighted by molar-refractivity contribution is 0.0558. The van der Waals surface area contributed by atoms with Crippen LogP contribution < -0.4 is 5.56 Å². The summed E-state index contributed by atoms with van der Waals surface area (Å²) in [5.74, 6) is -1.90. The van der Waals surface area contributed by atoms with Crippen molar-refractivity contribution < 1.29 is 15.0 Å². The van der Waals surface area contributed by atoms with Gasteiger partial charge in [0.2, 0.25) is 0 Å². The molecule has 1 aliphatic rings. The molecule has 3 heterocycles. The molecule has 8 heteroatoms. The summed E-state index contributed by atoms with van der Waals surface area (Å²) in [6, 6.07) is 8.61. The van der Waals surface area contributed by atoms with Crippen LogP contribution in [0.15, 0.2) is 29.1 Å². The molecular weight excluding hydrogens is 396 g/mol. The number of aromatic amines is 1. The summed E-state index contributed by atoms with van der Waals surface area (Å²) in [5, 5.41) is 20.7. The molecule has 2 aromatic heterocycles. The standard InChI is InChI=1S/C23H28N4O4/c1-5-17-20(24-22(29)19(21(17)28)23(30)31)13-6-7-18-14(8-13)9-15(26(18)4)10-27-11-16(12-27)25(2)3/h6-9,16H,5,10-12H2,1-4H3,(H,30,31)(H2,24,28,29). The minimum absolute atomic E-state index is 0.387. The number of H-pyrrole nitrogens is 1. The number of aromatic nitrogens is 2. The molecule has 0 spiro atoms. The average Bonchev–Trinajstić information content (AvgIpc) is 2.98. The number of pyridine rings is 1. The smallest absolute Gasteiger partial charge is 0.345 e. The Morgan fingerprint density at radius 3 is 2.58 bits per heavy atom. The number of hydrogen-bond acceptors (Lipinski definition) is 5. The minimum Gasteiger partial charge on any atom is -0.506 e. The average molecular weight is 425 g/mol. The summed E-state index contributed by atoms with van der Waals surface area (Å²) < 4.78 is 2.18. The molecule has 1 aromatic carbocycles. The number of likely N-dealkylation sites (tertiary alicyclic amines) is 1. The van der Waals surface area contributed by atoms with Crippen LogP contribution in [0.2, 0.25) is 0 Å². The molecule has 3 aromatic rings. The number of aryl methyl sites for hydroxylation is 1. The number of fused-ring (bicyclic) bond motifs is 1. The lowest BCUT2D eigenvalue weighted by Crippen LogP contribution is -2.56. The zero-order valence-corrected chi connectivity index (χ0v) is 18.3. The fourth-order valence-corrected chi connectivity index (χ4v) is 4.36. The van der Waals surface area contributed by atoms with E-state index >= 15 is 0 Å². The Balaban J connectivity index is 1.71. The van der Waals surface area contributed by atoms with E-state index in [1.54, 1.807) is 0 Å². The molecule has 4 rings (SSSR count). The third-order valence-corrected chi connectivity index (χ3v) is 6.34. The lowest BCUT2D eigenvalue weighted by Gasteiger charge is -2.42. The first kappa shape index (κ1) is 21.1. The molecule has 31 heavy (non-hydrogen) atoms. The van der Waals surface area contributed by atoms with Crippen molar-refractivity contribution in [1.29, 1.82) is 0 Å². The zero-order chi connectivity index (χ0) is 22.4. The first-order chi connectivity index (χ1) is 14.7. The molecule has 0 saturated carbocycles. The highest BCUT2D eigenvalue weighted by atomic mass is 16.4. The Bertz CT molecular complexity index is 1220. The van der Waals surface area contributed by atoms with Crippen LogP contribution in [-0.4, -0.2) is 68.8 Å². The van der Waals surface area contributed by atoms with Crippen molar-refractivity contribution in [1.82, 2.24) is 19.4 Å². The van der Waals surface area contributed by atoms with Crippen molar-refractivity contribution >= 4 is 16.9 Å². The van der Waals surface area contributed by atoms with Gasteiger partial charge in [-0.05, 0) is 44.3 Å². The molecule has 1 aliphatic heterocycles. The van der Waals surface area contributed by atoms with Crippen LogP contribution in [0.4, 0.5) is 0 Å². The highest BCUT2D eigenvalue weighted by molar-refractivity contribution is 5.92. The Hall–Kier alpha value is -3.10. The predicted molar refractivity (Wildman–Crippen MR) is 120 cm³/mol. The van der Waals surface area contributed by atoms with E-state index in [-0.39, 0.29) is 0 Å². The monoisotopic (exact) mass is 424 g/mol. The number of rotatable bonds is 6. The number of aromatic hydroxyl groups is 1. The first-order valence-corrected chi connectivity index (χ1v) is 10.4. The largest absolute Gasteiger partial charge is 0.506 e. The summed E-state index contributed by atoms with van der Waals surface area (Å²) in [6.07, 6.45) is 0.387. The van der Waals surface area contributed by atoms with E-state index in [1.807, 2.05) is 32.2 Å². The van der Waals surface area contributed by atoms with Crippen molar-refractivity contribution in [3.63, 3.8) is 0 Å². The Kier molecular flexibility index (Phi) is 5.36. The van der Waals surface area contributed by atoms with Crippen LogP contribution in [0.1, 0.15) is 28.5 Å². The van der Waals surface area contributed by atoms with Crippen LogP contribution in [-0.2, 0) is 20.0 Å². The normalized spacial score (nSPS) is 15.0. The van der Waals surface area contributed by atoms with E-state index in [4.69, 9.17) is 0 Å². The van der Waals surface area contributed by atoms with Gasteiger partial charge >= 0.3 is 5.97 Å². The van der Waals surface area contributed by atoms with Crippen LogP contribution in [0.3, 0.4) is 0 Å². The van der Waals surface area contributed by atoms with Gasteiger partial charge in [-0.3, -0.25) is 9.69 Å². The molecule has 3 N–H and O–H groups in total. The van der Waals surface area contributed by atoms with Crippen LogP contribution in [0.25, 0.3) is 22.2 Å². The molecular formula is C23H28N4O4. The molecule has 0 amide bonds. The second-order valence-electron chi connectivity index (χ2n) is 8.47. The van der Waals surface area contributed by atoms with Gasteiger partial charge in [-0.1, -0.05) is 13.0 Å². The first-order valence-electron chi connectivity index (χ1n) is 10.4. The molecule has 8 nitrogen and oxygen atoms in total. The number of nitrogens with zero attached hydrogens (tertiary/aromatic N) is 3. The molecule has 0 bridgehead atoms. The summed E-state index contributed by atoms with van der Waals surface area (Å²) in [5.41, 5.74) is 2.48. The van der Waals surface area contributed by atoms with Crippen molar-refractivity contribution in [3.8, 4) is 17.0 Å². The Morgan fingerprint density at radius 2 is 1.97 bits per heavy atom. The summed E-state index contributed by atoms with van der Waals surface area (Å²) in [4.78, 5) is 31.0. The number of carboxylic acid groups (broad SMARTS) is 1. The lowest BCUT2D eigenvalue weighted by atomic mass is 9.99. The Morgan fingerprint density at radius 1 is 1.26 bits per heavy atom. The van der Waals surface area contributed by atoms with E-state index in [0.717, 1.165) is 36.1 Å². The Labute approximate surface area is 180 Å². The van der Waals surface area contributed by atoms with Crippen molar-refractivity contribution in [2.24, 2.45) is 7.05 Å². The van der Waals surface area contributed by atoms with Crippen molar-refractivity contribution in [2.45, 2.75) is 25.9 Å². The number of carboxylic acids is 1. The number of aromatic carboxylic acids is 1. The highest BCUT2D eigenvalue weighted by Gasteiger charge is 2.28. The SMILES string of the molecule is CCc1c(-c2ccc3c(c2)cc(CN2CC(N(C)C)C2)n3C)[nH]c(=O)c(C(=O)O)c1O. The van der Waals surface area contributed by atoms with Gasteiger partial charge in [0, 0.05) is 54.9 Å². The second kappa shape index (κ2) is 7.86. The quantitative estimate of drug-likeness (QED) is 0.561. The zero-order valence-electron chi connectivity index (χ0n) is 18.3. The van der Waals surface area contributed by atoms with Gasteiger partial charge in [0.15, 0.2) is 5.56 Å². The van der Waals surface area contributed by atoms with E-state index in [2.05, 4.69) is 39.5 Å². The molecule has 0 radical (unpaired) electrons. The molecule has 1 saturated heterocycles. The summed E-state index contributed by atoms with van der Waals surface area (Å²) in [7, 11) is 6.26. The number of carbonyl (C=O) groups is 1. The molecule has 0 unspecified atom stereocenters. The van der Waals surface area contributed by atoms with Gasteiger partial charge in [0.1, 0.15) is 5.75 Å². The van der Waals surface area contributed by atoms with Crippen LogP contribution in [0.5, 0.6) is 5.75 Å². The van der Waals surface area contributed by atoms with Gasteiger partial charge in [-0.25, -0.2) is 4.79 Å². The topological polar surface area (TPSA) is 102 Å². The van der Waals surface area contributed by atoms with Gasteiger partial charge in [-0.15, -0.1) is 0 Å². The maximum absolute atomic E-state index is 12.3. The third kappa shape index (κ3) is 3.62. The number of benzene rings is 1. The van der Waals surface area contributed by atoms with Crippen LogP contribution >= 0.6 is 0 Å². The van der Waals surface area contributed by atoms with E-state index in [1.165, 1.54) is 5.69 Å². The van der Waals surface area contributed by atoms with E-state index in [9.17, 15) is 19.8 Å². The number of hydrogen-bond donors (Lipinski definition) is 3. The number of nitrogens with one attached hydrogen (secondary N) is 1. The second-order valence-corrected chi connectivity index (χ2v) is 8.47. The van der Waals surface area contributed by atoms with Gasteiger partial charge < -0.3 is 24.7 Å². The van der Waals surface area contributed by atoms with Crippen molar-refractivity contribution in [3.05, 3.63) is 51.4 Å². The van der Waals surface area contributed by atoms with Gasteiger partial charge in [0.05, 0.1) is 5.69 Å². The van der Waals surface area contributed by atoms with Crippen molar-refractivity contribution in [2.75, 3.05) is 27.2 Å². The maximum Gasteiger partial charge on any atom is 0.345 e. The highest BCUT2D eigenvalue weighted by Crippen LogP contribution is 2.32. The van der Waals surface area contributed by atoms with Gasteiger partial charge in [0.25, 0.3) is 5.56 Å². The summed E-state index contributed by atoms with van der Waals surface area (Å²) in [6.45, 7) is 4.79. The molecule has 0 atom stereocenters. The summed E-state index contributed by atoms with van der Waals surface area (Å²) >= 11 is 0. The van der Waals surface area contributed by atoms with Crippen LogP contribution in [0, 0.1) is 0 Å². The maximum atomic E-state index is 12.3. The fourth-order valence-electron chi connectivity index (χ4n) is 4.36. The van der Waals surface area contributed by atoms with E-state index < -0.39 is 22.8 Å². The molecule has 1 fully saturated rings. The fraction of sp³-hybridized carbons (Fsp3) is 0.391. The molecule has 0 aliphatic carbocycles. The van der Waals surface area contributed by atoms with E-state index in [0.29, 0.717) is 23.7 Å². The minimum atomic E-state index is -1.44. The predicted octanol–water partition coefficient (Wildman–Crippen LogP) is 2.25. The van der Waals surface area contributed by atoms with Gasteiger partial charge in [-0.2, -0.15) is 0 Å².